The van der Waals surface area contributed by atoms with Gasteiger partial charge < -0.3 is 10.3 Å². The Morgan fingerprint density at radius 1 is 1.14 bits per heavy atom. The lowest BCUT2D eigenvalue weighted by molar-refractivity contribution is 0.0943. The molecule has 2 heterocycles. The van der Waals surface area contributed by atoms with Crippen LogP contribution in [0.4, 0.5) is 0 Å². The molecule has 2 N–H and O–H groups in total. The van der Waals surface area contributed by atoms with E-state index in [-0.39, 0.29) is 5.91 Å². The van der Waals surface area contributed by atoms with Crippen LogP contribution in [-0.2, 0) is 6.54 Å². The SMILES string of the molecule is Cc1ccc2c(Sc3ccc(Cl)cc3)c(C(=O)NCc3ccccn3)[nH]c2c1. The van der Waals surface area contributed by atoms with E-state index < -0.39 is 0 Å². The van der Waals surface area contributed by atoms with Crippen molar-refractivity contribution in [1.82, 2.24) is 15.3 Å². The molecule has 1 amide bonds. The van der Waals surface area contributed by atoms with Crippen molar-refractivity contribution in [1.29, 1.82) is 0 Å². The first-order valence-corrected chi connectivity index (χ1v) is 10.0. The number of nitrogens with zero attached hydrogens (tertiary/aromatic N) is 1. The number of fused-ring (bicyclic) bond motifs is 1. The van der Waals surface area contributed by atoms with Gasteiger partial charge in [0.25, 0.3) is 5.91 Å². The Labute approximate surface area is 172 Å². The number of hydrogen-bond donors (Lipinski definition) is 2. The molecule has 2 aromatic carbocycles. The Kier molecular flexibility index (Phi) is 5.37. The van der Waals surface area contributed by atoms with Gasteiger partial charge in [-0.25, -0.2) is 0 Å². The zero-order chi connectivity index (χ0) is 19.5. The molecule has 28 heavy (non-hydrogen) atoms. The van der Waals surface area contributed by atoms with Crippen molar-refractivity contribution in [2.75, 3.05) is 0 Å². The van der Waals surface area contributed by atoms with Crippen LogP contribution in [0.1, 0.15) is 21.7 Å². The molecule has 0 unspecified atom stereocenters. The summed E-state index contributed by atoms with van der Waals surface area (Å²) in [6, 6.07) is 19.4. The number of carbonyl (C=O) groups is 1. The molecule has 0 aliphatic carbocycles. The van der Waals surface area contributed by atoms with Crippen molar-refractivity contribution in [3.05, 3.63) is 88.8 Å². The largest absolute Gasteiger partial charge is 0.350 e. The van der Waals surface area contributed by atoms with Gasteiger partial charge in [-0.2, -0.15) is 0 Å². The van der Waals surface area contributed by atoms with E-state index in [2.05, 4.69) is 33.5 Å². The summed E-state index contributed by atoms with van der Waals surface area (Å²) in [7, 11) is 0. The van der Waals surface area contributed by atoms with E-state index in [1.54, 1.807) is 18.0 Å². The number of rotatable bonds is 5. The molecule has 0 aliphatic heterocycles. The highest BCUT2D eigenvalue weighted by Crippen LogP contribution is 2.37. The number of pyridine rings is 1. The van der Waals surface area contributed by atoms with Gasteiger partial charge in [0.05, 0.1) is 17.1 Å². The summed E-state index contributed by atoms with van der Waals surface area (Å²) in [5.41, 5.74) is 3.45. The maximum Gasteiger partial charge on any atom is 0.269 e. The summed E-state index contributed by atoms with van der Waals surface area (Å²) in [4.78, 5) is 22.4. The van der Waals surface area contributed by atoms with Gasteiger partial charge in [0.1, 0.15) is 5.69 Å². The zero-order valence-electron chi connectivity index (χ0n) is 15.2. The van der Waals surface area contributed by atoms with Crippen LogP contribution in [0.2, 0.25) is 5.02 Å². The highest BCUT2D eigenvalue weighted by molar-refractivity contribution is 7.99. The van der Waals surface area contributed by atoms with Crippen molar-refractivity contribution in [3.8, 4) is 0 Å². The topological polar surface area (TPSA) is 57.8 Å². The standard InChI is InChI=1S/C22H18ClN3OS/c1-14-5-10-18-19(12-14)26-20(21(18)28-17-8-6-15(23)7-9-17)22(27)25-13-16-4-2-3-11-24-16/h2-12,26H,13H2,1H3,(H,25,27). The van der Waals surface area contributed by atoms with Gasteiger partial charge in [0, 0.05) is 27.0 Å². The maximum atomic E-state index is 12.9. The number of halogens is 1. The first kappa shape index (κ1) is 18.6. The van der Waals surface area contributed by atoms with Crippen LogP contribution in [0.15, 0.2) is 76.7 Å². The van der Waals surface area contributed by atoms with Crippen LogP contribution in [0, 0.1) is 6.92 Å². The molecular formula is C22H18ClN3OS. The third-order valence-corrected chi connectivity index (χ3v) is 5.71. The first-order chi connectivity index (χ1) is 13.6. The molecule has 6 heteroatoms. The van der Waals surface area contributed by atoms with Crippen molar-refractivity contribution in [2.24, 2.45) is 0 Å². The molecule has 4 rings (SSSR count). The van der Waals surface area contributed by atoms with E-state index in [9.17, 15) is 4.79 Å². The summed E-state index contributed by atoms with van der Waals surface area (Å²) in [5.74, 6) is -0.157. The second kappa shape index (κ2) is 8.09. The van der Waals surface area contributed by atoms with Gasteiger partial charge in [0.15, 0.2) is 0 Å². The molecule has 140 valence electrons. The number of hydrogen-bond acceptors (Lipinski definition) is 3. The van der Waals surface area contributed by atoms with E-state index in [1.165, 1.54) is 0 Å². The van der Waals surface area contributed by atoms with E-state index in [0.29, 0.717) is 17.3 Å². The summed E-state index contributed by atoms with van der Waals surface area (Å²) in [6.45, 7) is 2.41. The minimum Gasteiger partial charge on any atom is -0.350 e. The highest BCUT2D eigenvalue weighted by Gasteiger charge is 2.19. The predicted octanol–water partition coefficient (Wildman–Crippen LogP) is 5.61. The Hall–Kier alpha value is -2.76. The predicted molar refractivity (Wildman–Crippen MR) is 114 cm³/mol. The molecule has 4 nitrogen and oxygen atoms in total. The molecule has 2 aromatic heterocycles. The second-order valence-corrected chi connectivity index (χ2v) is 7.96. The highest BCUT2D eigenvalue weighted by atomic mass is 35.5. The molecule has 0 fully saturated rings. The lowest BCUT2D eigenvalue weighted by Crippen LogP contribution is -2.24. The second-order valence-electron chi connectivity index (χ2n) is 6.44. The minimum absolute atomic E-state index is 0.157. The van der Waals surface area contributed by atoms with Crippen molar-refractivity contribution in [3.63, 3.8) is 0 Å². The quantitative estimate of drug-likeness (QED) is 0.452. The average Bonchev–Trinajstić information content (AvgIpc) is 3.06. The molecule has 0 aliphatic rings. The summed E-state index contributed by atoms with van der Waals surface area (Å²) in [6.07, 6.45) is 1.72. The number of nitrogens with one attached hydrogen (secondary N) is 2. The number of amides is 1. The third-order valence-electron chi connectivity index (χ3n) is 4.32. The van der Waals surface area contributed by atoms with Crippen LogP contribution >= 0.6 is 23.4 Å². The summed E-state index contributed by atoms with van der Waals surface area (Å²) < 4.78 is 0. The van der Waals surface area contributed by atoms with E-state index in [1.807, 2.05) is 49.4 Å². The van der Waals surface area contributed by atoms with Crippen LogP contribution in [-0.4, -0.2) is 15.9 Å². The lowest BCUT2D eigenvalue weighted by atomic mass is 10.2. The van der Waals surface area contributed by atoms with Crippen LogP contribution in [0.3, 0.4) is 0 Å². The number of carbonyl (C=O) groups excluding carboxylic acids is 1. The van der Waals surface area contributed by atoms with E-state index >= 15 is 0 Å². The number of aromatic amines is 1. The van der Waals surface area contributed by atoms with Crippen LogP contribution in [0.25, 0.3) is 10.9 Å². The number of benzene rings is 2. The smallest absolute Gasteiger partial charge is 0.269 e. The van der Waals surface area contributed by atoms with Crippen LogP contribution in [0.5, 0.6) is 0 Å². The zero-order valence-corrected chi connectivity index (χ0v) is 16.8. The molecule has 0 spiro atoms. The minimum atomic E-state index is -0.157. The maximum absolute atomic E-state index is 12.9. The van der Waals surface area contributed by atoms with Gasteiger partial charge >= 0.3 is 0 Å². The van der Waals surface area contributed by atoms with Gasteiger partial charge in [-0.05, 0) is 55.0 Å². The molecule has 0 radical (unpaired) electrons. The fraction of sp³-hybridized carbons (Fsp3) is 0.0909. The molecule has 0 saturated carbocycles. The van der Waals surface area contributed by atoms with Gasteiger partial charge in [-0.15, -0.1) is 0 Å². The van der Waals surface area contributed by atoms with Crippen molar-refractivity contribution < 1.29 is 4.79 Å². The summed E-state index contributed by atoms with van der Waals surface area (Å²) >= 11 is 7.55. The van der Waals surface area contributed by atoms with Gasteiger partial charge in [-0.1, -0.05) is 41.6 Å². The molecule has 0 saturated heterocycles. The monoisotopic (exact) mass is 407 g/mol. The van der Waals surface area contributed by atoms with Crippen molar-refractivity contribution >= 4 is 40.2 Å². The normalized spacial score (nSPS) is 10.9. The van der Waals surface area contributed by atoms with E-state index in [4.69, 9.17) is 11.6 Å². The fourth-order valence-corrected chi connectivity index (χ4v) is 4.10. The van der Waals surface area contributed by atoms with Gasteiger partial charge in [0.2, 0.25) is 0 Å². The Balaban J connectivity index is 1.67. The summed E-state index contributed by atoms with van der Waals surface area (Å²) in [5, 5.41) is 4.67. The Morgan fingerprint density at radius 2 is 1.96 bits per heavy atom. The molecular weight excluding hydrogens is 390 g/mol. The molecule has 0 atom stereocenters. The number of aromatic nitrogens is 2. The Morgan fingerprint density at radius 3 is 2.71 bits per heavy atom. The van der Waals surface area contributed by atoms with Crippen LogP contribution < -0.4 is 5.32 Å². The Bertz CT molecular complexity index is 1120. The van der Waals surface area contributed by atoms with E-state index in [0.717, 1.165) is 32.0 Å². The van der Waals surface area contributed by atoms with Crippen molar-refractivity contribution in [2.45, 2.75) is 23.3 Å². The molecule has 0 bridgehead atoms. The fourth-order valence-electron chi connectivity index (χ4n) is 2.93. The third kappa shape index (κ3) is 4.06. The molecule has 4 aromatic rings. The number of aryl methyl sites for hydroxylation is 1. The first-order valence-electron chi connectivity index (χ1n) is 8.84. The lowest BCUT2D eigenvalue weighted by Gasteiger charge is -2.07. The average molecular weight is 408 g/mol. The number of H-pyrrole nitrogens is 1. The van der Waals surface area contributed by atoms with Gasteiger partial charge in [-0.3, -0.25) is 9.78 Å².